The second-order valence-corrected chi connectivity index (χ2v) is 9.21. The first-order valence-corrected chi connectivity index (χ1v) is 11.6. The maximum atomic E-state index is 13.1. The Morgan fingerprint density at radius 1 is 1.09 bits per heavy atom. The van der Waals surface area contributed by atoms with Crippen molar-refractivity contribution in [3.63, 3.8) is 0 Å². The molecule has 0 radical (unpaired) electrons. The van der Waals surface area contributed by atoms with E-state index in [-0.39, 0.29) is 23.6 Å². The Balaban J connectivity index is 1.46. The number of thiophene rings is 1. The van der Waals surface area contributed by atoms with Gasteiger partial charge in [0.2, 0.25) is 0 Å². The third-order valence-corrected chi connectivity index (χ3v) is 6.94. The molecule has 0 fully saturated rings. The number of hydrogen-bond acceptors (Lipinski definition) is 6. The summed E-state index contributed by atoms with van der Waals surface area (Å²) in [4.78, 5) is 39.7. The van der Waals surface area contributed by atoms with E-state index in [1.54, 1.807) is 30.5 Å². The van der Waals surface area contributed by atoms with E-state index in [9.17, 15) is 14.4 Å². The lowest BCUT2D eigenvalue weighted by molar-refractivity contribution is 0.0948. The van der Waals surface area contributed by atoms with E-state index in [0.717, 1.165) is 41.7 Å². The van der Waals surface area contributed by atoms with E-state index in [1.165, 1.54) is 17.4 Å². The number of nitrogens with one attached hydrogen (secondary N) is 2. The van der Waals surface area contributed by atoms with Crippen LogP contribution in [0, 0.1) is 6.92 Å². The maximum Gasteiger partial charge on any atom is 0.292 e. The van der Waals surface area contributed by atoms with Crippen LogP contribution in [-0.2, 0) is 19.4 Å². The minimum Gasteiger partial charge on any atom is -0.467 e. The van der Waals surface area contributed by atoms with Crippen LogP contribution in [0.15, 0.2) is 56.3 Å². The fourth-order valence-electron chi connectivity index (χ4n) is 4.10. The summed E-state index contributed by atoms with van der Waals surface area (Å²) in [6.45, 7) is 2.14. The standard InChI is InChI=1S/C25H22N2O5S/c1-14-8-9-16-18(28)12-20(32-19(16)11-14)23(29)27-25-22(17-6-2-3-7-21(17)33-25)24(30)26-13-15-5-4-10-31-15/h4-5,8-12H,2-3,6-7,13H2,1H3,(H,26,30)(H,27,29). The Morgan fingerprint density at radius 3 is 2.76 bits per heavy atom. The third-order valence-electron chi connectivity index (χ3n) is 5.74. The van der Waals surface area contributed by atoms with Gasteiger partial charge in [-0.05, 0) is 68.0 Å². The number of amides is 2. The maximum absolute atomic E-state index is 13.1. The quantitative estimate of drug-likeness (QED) is 0.443. The van der Waals surface area contributed by atoms with Crippen molar-refractivity contribution in [2.24, 2.45) is 0 Å². The molecule has 1 aliphatic rings. The highest BCUT2D eigenvalue weighted by Crippen LogP contribution is 2.38. The number of hydrogen-bond donors (Lipinski definition) is 2. The molecular formula is C25H22N2O5S. The fraction of sp³-hybridized carbons (Fsp3) is 0.240. The first-order valence-electron chi connectivity index (χ1n) is 10.8. The highest BCUT2D eigenvalue weighted by Gasteiger charge is 2.27. The van der Waals surface area contributed by atoms with Crippen LogP contribution in [-0.4, -0.2) is 11.8 Å². The summed E-state index contributed by atoms with van der Waals surface area (Å²) in [5.74, 6) is -0.274. The molecule has 1 aliphatic carbocycles. The van der Waals surface area contributed by atoms with E-state index in [2.05, 4.69) is 10.6 Å². The average molecular weight is 463 g/mol. The average Bonchev–Trinajstić information content (AvgIpc) is 3.44. The summed E-state index contributed by atoms with van der Waals surface area (Å²) in [5.41, 5.74) is 2.45. The van der Waals surface area contributed by atoms with E-state index < -0.39 is 5.91 Å². The molecule has 168 valence electrons. The van der Waals surface area contributed by atoms with Crippen molar-refractivity contribution >= 4 is 39.1 Å². The van der Waals surface area contributed by atoms with Crippen LogP contribution in [0.5, 0.6) is 0 Å². The van der Waals surface area contributed by atoms with Gasteiger partial charge in [-0.3, -0.25) is 14.4 Å². The number of benzene rings is 1. The van der Waals surface area contributed by atoms with Gasteiger partial charge in [0, 0.05) is 10.9 Å². The van der Waals surface area contributed by atoms with Gasteiger partial charge in [0.15, 0.2) is 11.2 Å². The van der Waals surface area contributed by atoms with Crippen molar-refractivity contribution in [1.29, 1.82) is 0 Å². The molecule has 5 rings (SSSR count). The largest absolute Gasteiger partial charge is 0.467 e. The fourth-order valence-corrected chi connectivity index (χ4v) is 5.38. The van der Waals surface area contributed by atoms with Gasteiger partial charge in [-0.15, -0.1) is 11.3 Å². The Hall–Kier alpha value is -3.65. The predicted molar refractivity (Wildman–Crippen MR) is 126 cm³/mol. The molecule has 8 heteroatoms. The number of furan rings is 1. The first kappa shape index (κ1) is 21.2. The van der Waals surface area contributed by atoms with Crippen LogP contribution in [0.3, 0.4) is 0 Å². The lowest BCUT2D eigenvalue weighted by Crippen LogP contribution is -2.25. The number of carbonyl (C=O) groups excluding carboxylic acids is 2. The number of carbonyl (C=O) groups is 2. The molecule has 3 aromatic heterocycles. The minimum absolute atomic E-state index is 0.0913. The second-order valence-electron chi connectivity index (χ2n) is 8.11. The van der Waals surface area contributed by atoms with Crippen molar-refractivity contribution in [2.45, 2.75) is 39.2 Å². The summed E-state index contributed by atoms with van der Waals surface area (Å²) < 4.78 is 11.0. The third kappa shape index (κ3) is 4.21. The van der Waals surface area contributed by atoms with E-state index in [1.807, 2.05) is 13.0 Å². The number of anilines is 1. The molecule has 1 aromatic carbocycles. The van der Waals surface area contributed by atoms with Crippen LogP contribution in [0.2, 0.25) is 0 Å². The molecule has 0 bridgehead atoms. The zero-order valence-electron chi connectivity index (χ0n) is 18.0. The van der Waals surface area contributed by atoms with Crippen LogP contribution in [0.4, 0.5) is 5.00 Å². The van der Waals surface area contributed by atoms with Crippen molar-refractivity contribution < 1.29 is 18.4 Å². The summed E-state index contributed by atoms with van der Waals surface area (Å²) >= 11 is 1.41. The van der Waals surface area contributed by atoms with Crippen molar-refractivity contribution in [1.82, 2.24) is 5.32 Å². The topological polar surface area (TPSA) is 102 Å². The number of aryl methyl sites for hydroxylation is 2. The molecule has 33 heavy (non-hydrogen) atoms. The molecule has 0 unspecified atom stereocenters. The van der Waals surface area contributed by atoms with Gasteiger partial charge >= 0.3 is 0 Å². The summed E-state index contributed by atoms with van der Waals surface area (Å²) in [5, 5.41) is 6.59. The van der Waals surface area contributed by atoms with Gasteiger partial charge in [-0.25, -0.2) is 0 Å². The molecule has 4 aromatic rings. The van der Waals surface area contributed by atoms with Gasteiger partial charge in [0.25, 0.3) is 11.8 Å². The summed E-state index contributed by atoms with van der Waals surface area (Å²) in [6.07, 6.45) is 5.26. The predicted octanol–water partition coefficient (Wildman–Crippen LogP) is 4.82. The smallest absolute Gasteiger partial charge is 0.292 e. The van der Waals surface area contributed by atoms with Crippen LogP contribution < -0.4 is 16.1 Å². The van der Waals surface area contributed by atoms with Crippen LogP contribution >= 0.6 is 11.3 Å². The van der Waals surface area contributed by atoms with Gasteiger partial charge < -0.3 is 19.5 Å². The van der Waals surface area contributed by atoms with Crippen molar-refractivity contribution in [3.05, 3.63) is 86.0 Å². The highest BCUT2D eigenvalue weighted by atomic mass is 32.1. The molecule has 2 N–H and O–H groups in total. The Morgan fingerprint density at radius 2 is 1.94 bits per heavy atom. The molecule has 2 amide bonds. The molecule has 0 saturated carbocycles. The minimum atomic E-state index is -0.561. The second kappa shape index (κ2) is 8.71. The summed E-state index contributed by atoms with van der Waals surface area (Å²) in [6, 6.07) is 9.98. The lowest BCUT2D eigenvalue weighted by Gasteiger charge is -2.13. The van der Waals surface area contributed by atoms with Crippen molar-refractivity contribution in [2.75, 3.05) is 5.32 Å². The van der Waals surface area contributed by atoms with Crippen LogP contribution in [0.1, 0.15) is 55.5 Å². The van der Waals surface area contributed by atoms with Crippen molar-refractivity contribution in [3.8, 4) is 0 Å². The van der Waals surface area contributed by atoms with E-state index in [4.69, 9.17) is 8.83 Å². The Bertz CT molecular complexity index is 1410. The number of fused-ring (bicyclic) bond motifs is 2. The van der Waals surface area contributed by atoms with Gasteiger partial charge in [0.05, 0.1) is 23.8 Å². The zero-order valence-corrected chi connectivity index (χ0v) is 18.8. The lowest BCUT2D eigenvalue weighted by atomic mass is 9.95. The van der Waals surface area contributed by atoms with Gasteiger partial charge in [-0.2, -0.15) is 0 Å². The molecule has 7 nitrogen and oxygen atoms in total. The van der Waals surface area contributed by atoms with E-state index in [0.29, 0.717) is 27.3 Å². The molecule has 0 aliphatic heterocycles. The Kier molecular flexibility index (Phi) is 5.60. The molecule has 0 spiro atoms. The summed E-state index contributed by atoms with van der Waals surface area (Å²) in [7, 11) is 0. The monoisotopic (exact) mass is 462 g/mol. The SMILES string of the molecule is Cc1ccc2c(=O)cc(C(=O)Nc3sc4c(c3C(=O)NCc3ccco3)CCCC4)oc2c1. The Labute approximate surface area is 193 Å². The van der Waals surface area contributed by atoms with E-state index >= 15 is 0 Å². The van der Waals surface area contributed by atoms with Crippen LogP contribution in [0.25, 0.3) is 11.0 Å². The van der Waals surface area contributed by atoms with Gasteiger partial charge in [-0.1, -0.05) is 6.07 Å². The molecule has 3 heterocycles. The molecule has 0 saturated heterocycles. The first-order chi connectivity index (χ1) is 16.0. The zero-order chi connectivity index (χ0) is 22.9. The van der Waals surface area contributed by atoms with Gasteiger partial charge in [0.1, 0.15) is 16.3 Å². The highest BCUT2D eigenvalue weighted by molar-refractivity contribution is 7.17. The normalized spacial score (nSPS) is 13.0. The molecule has 0 atom stereocenters. The molecular weight excluding hydrogens is 440 g/mol. The number of rotatable bonds is 5.